The van der Waals surface area contributed by atoms with Gasteiger partial charge in [0.1, 0.15) is 5.52 Å². The normalized spacial score (nSPS) is 10.9. The molecule has 0 N–H and O–H groups in total. The summed E-state index contributed by atoms with van der Waals surface area (Å²) >= 11 is 0. The smallest absolute Gasteiger partial charge is 0.347 e. The van der Waals surface area contributed by atoms with Gasteiger partial charge in [-0.1, -0.05) is 6.07 Å². The molecule has 0 atom stereocenters. The van der Waals surface area contributed by atoms with Crippen molar-refractivity contribution in [3.8, 4) is 23.0 Å². The van der Waals surface area contributed by atoms with Crippen molar-refractivity contribution < 1.29 is 28.2 Å². The lowest BCUT2D eigenvalue weighted by atomic mass is 10.1. The summed E-state index contributed by atoms with van der Waals surface area (Å²) in [6.07, 6.45) is 3.20. The Morgan fingerprint density at radius 1 is 1.00 bits per heavy atom. The molecule has 0 saturated heterocycles. The number of rotatable bonds is 6. The van der Waals surface area contributed by atoms with Crippen molar-refractivity contribution in [2.75, 3.05) is 21.3 Å². The van der Waals surface area contributed by atoms with Crippen LogP contribution in [0.25, 0.3) is 23.1 Å². The zero-order valence-electron chi connectivity index (χ0n) is 16.3. The van der Waals surface area contributed by atoms with Gasteiger partial charge in [0.05, 0.1) is 26.7 Å². The number of hydrogen-bond donors (Lipinski definition) is 0. The third-order valence-corrected chi connectivity index (χ3v) is 4.00. The number of fused-ring (bicyclic) bond motifs is 1. The third kappa shape index (κ3) is 4.21. The van der Waals surface area contributed by atoms with E-state index in [2.05, 4.69) is 4.98 Å². The highest BCUT2D eigenvalue weighted by atomic mass is 16.5. The standard InChI is InChI=1S/C21H19NO7/c1-12(23)28-15-7-5-6-14-19(15)22-18(29-21(14)24)9-8-13-10-16(25-2)20(27-4)17(11-13)26-3/h5-11H,1-4H3/b9-8+. The van der Waals surface area contributed by atoms with E-state index in [0.717, 1.165) is 0 Å². The summed E-state index contributed by atoms with van der Waals surface area (Å²) in [4.78, 5) is 27.9. The fraction of sp³-hybridized carbons (Fsp3) is 0.190. The number of ether oxygens (including phenoxy) is 4. The topological polar surface area (TPSA) is 97.1 Å². The van der Waals surface area contributed by atoms with Gasteiger partial charge in [0, 0.05) is 13.0 Å². The second-order valence-corrected chi connectivity index (χ2v) is 5.88. The van der Waals surface area contributed by atoms with Gasteiger partial charge in [-0.05, 0) is 35.9 Å². The van der Waals surface area contributed by atoms with Crippen LogP contribution in [0.4, 0.5) is 0 Å². The van der Waals surface area contributed by atoms with Gasteiger partial charge in [-0.2, -0.15) is 0 Å². The molecular weight excluding hydrogens is 378 g/mol. The number of carbonyl (C=O) groups is 1. The predicted molar refractivity (Wildman–Crippen MR) is 107 cm³/mol. The molecular formula is C21H19NO7. The summed E-state index contributed by atoms with van der Waals surface area (Å²) < 4.78 is 26.3. The van der Waals surface area contributed by atoms with E-state index in [1.54, 1.807) is 36.4 Å². The van der Waals surface area contributed by atoms with Gasteiger partial charge >= 0.3 is 11.6 Å². The number of esters is 1. The van der Waals surface area contributed by atoms with Gasteiger partial charge in [0.25, 0.3) is 0 Å². The average molecular weight is 397 g/mol. The van der Waals surface area contributed by atoms with Crippen molar-refractivity contribution in [1.82, 2.24) is 4.98 Å². The molecule has 0 fully saturated rings. The summed E-state index contributed by atoms with van der Waals surface area (Å²) in [5, 5.41) is 0.216. The highest BCUT2D eigenvalue weighted by Gasteiger charge is 2.13. The number of nitrogens with zero attached hydrogens (tertiary/aromatic N) is 1. The number of aromatic nitrogens is 1. The SMILES string of the molecule is COc1cc(/C=C/c2nc3c(OC(C)=O)cccc3c(=O)o2)cc(OC)c1OC. The number of benzene rings is 2. The van der Waals surface area contributed by atoms with Gasteiger partial charge in [0.15, 0.2) is 17.2 Å². The van der Waals surface area contributed by atoms with E-state index in [4.69, 9.17) is 23.4 Å². The minimum absolute atomic E-state index is 0.0517. The first-order chi connectivity index (χ1) is 14.0. The Labute approximate surface area is 166 Å². The quantitative estimate of drug-likeness (QED) is 0.462. The highest BCUT2D eigenvalue weighted by molar-refractivity contribution is 5.86. The van der Waals surface area contributed by atoms with Crippen LogP contribution in [0.3, 0.4) is 0 Å². The van der Waals surface area contributed by atoms with Gasteiger partial charge in [0.2, 0.25) is 11.6 Å². The second-order valence-electron chi connectivity index (χ2n) is 5.88. The Kier molecular flexibility index (Phi) is 5.82. The lowest BCUT2D eigenvalue weighted by molar-refractivity contribution is -0.131. The third-order valence-electron chi connectivity index (χ3n) is 4.00. The van der Waals surface area contributed by atoms with Crippen LogP contribution >= 0.6 is 0 Å². The molecule has 1 heterocycles. The number of carbonyl (C=O) groups excluding carboxylic acids is 1. The van der Waals surface area contributed by atoms with Gasteiger partial charge in [-0.15, -0.1) is 0 Å². The monoisotopic (exact) mass is 397 g/mol. The number of methoxy groups -OCH3 is 3. The van der Waals surface area contributed by atoms with Crippen molar-refractivity contribution in [3.63, 3.8) is 0 Å². The highest BCUT2D eigenvalue weighted by Crippen LogP contribution is 2.38. The van der Waals surface area contributed by atoms with Crippen LogP contribution in [-0.2, 0) is 4.79 Å². The van der Waals surface area contributed by atoms with E-state index in [1.165, 1.54) is 34.3 Å². The van der Waals surface area contributed by atoms with Crippen LogP contribution in [-0.4, -0.2) is 32.3 Å². The predicted octanol–water partition coefficient (Wildman–Crippen LogP) is 3.31. The Bertz CT molecular complexity index is 1120. The molecule has 2 aromatic carbocycles. The molecule has 0 saturated carbocycles. The van der Waals surface area contributed by atoms with Crippen LogP contribution in [0.15, 0.2) is 39.5 Å². The zero-order valence-corrected chi connectivity index (χ0v) is 16.3. The molecule has 0 aliphatic rings. The van der Waals surface area contributed by atoms with Crippen molar-refractivity contribution in [2.24, 2.45) is 0 Å². The van der Waals surface area contributed by atoms with Crippen LogP contribution in [0.2, 0.25) is 0 Å². The Balaban J connectivity index is 2.05. The van der Waals surface area contributed by atoms with Crippen LogP contribution in [0, 0.1) is 0 Å². The van der Waals surface area contributed by atoms with Crippen molar-refractivity contribution in [2.45, 2.75) is 6.92 Å². The van der Waals surface area contributed by atoms with E-state index in [9.17, 15) is 9.59 Å². The van der Waals surface area contributed by atoms with E-state index in [1.807, 2.05) is 0 Å². The molecule has 0 radical (unpaired) electrons. The van der Waals surface area contributed by atoms with Gasteiger partial charge < -0.3 is 23.4 Å². The summed E-state index contributed by atoms with van der Waals surface area (Å²) in [5.74, 6) is 1.16. The maximum Gasteiger partial charge on any atom is 0.347 e. The molecule has 3 rings (SSSR count). The Morgan fingerprint density at radius 2 is 1.69 bits per heavy atom. The lowest BCUT2D eigenvalue weighted by Crippen LogP contribution is -2.07. The molecule has 8 heteroatoms. The van der Waals surface area contributed by atoms with Crippen LogP contribution in [0.5, 0.6) is 23.0 Å². The molecule has 3 aromatic rings. The summed E-state index contributed by atoms with van der Waals surface area (Å²) in [5.41, 5.74) is 0.356. The molecule has 0 bridgehead atoms. The first kappa shape index (κ1) is 19.9. The average Bonchev–Trinajstić information content (AvgIpc) is 2.71. The zero-order chi connectivity index (χ0) is 21.0. The fourth-order valence-corrected chi connectivity index (χ4v) is 2.76. The minimum atomic E-state index is -0.589. The summed E-state index contributed by atoms with van der Waals surface area (Å²) in [7, 11) is 4.56. The minimum Gasteiger partial charge on any atom is -0.493 e. The molecule has 29 heavy (non-hydrogen) atoms. The molecule has 8 nitrogen and oxygen atoms in total. The van der Waals surface area contributed by atoms with E-state index >= 15 is 0 Å². The van der Waals surface area contributed by atoms with Crippen LogP contribution in [0.1, 0.15) is 18.4 Å². The first-order valence-electron chi connectivity index (χ1n) is 8.57. The maximum atomic E-state index is 12.3. The van der Waals surface area contributed by atoms with Crippen molar-refractivity contribution in [3.05, 3.63) is 52.2 Å². The Morgan fingerprint density at radius 3 is 2.28 bits per heavy atom. The fourth-order valence-electron chi connectivity index (χ4n) is 2.76. The van der Waals surface area contributed by atoms with Gasteiger partial charge in [-0.3, -0.25) is 4.79 Å². The van der Waals surface area contributed by atoms with Crippen molar-refractivity contribution >= 4 is 29.0 Å². The molecule has 0 aliphatic carbocycles. The summed E-state index contributed by atoms with van der Waals surface area (Å²) in [6, 6.07) is 8.17. The Hall–Kier alpha value is -3.81. The number of hydrogen-bond acceptors (Lipinski definition) is 8. The van der Waals surface area contributed by atoms with E-state index < -0.39 is 11.6 Å². The molecule has 1 aromatic heterocycles. The van der Waals surface area contributed by atoms with E-state index in [0.29, 0.717) is 22.8 Å². The van der Waals surface area contributed by atoms with E-state index in [-0.39, 0.29) is 22.5 Å². The largest absolute Gasteiger partial charge is 0.493 e. The molecule has 0 spiro atoms. The summed E-state index contributed by atoms with van der Waals surface area (Å²) in [6.45, 7) is 1.27. The van der Waals surface area contributed by atoms with Crippen molar-refractivity contribution in [1.29, 1.82) is 0 Å². The molecule has 0 aliphatic heterocycles. The maximum absolute atomic E-state index is 12.3. The molecule has 0 unspecified atom stereocenters. The number of para-hydroxylation sites is 1. The van der Waals surface area contributed by atoms with Gasteiger partial charge in [-0.25, -0.2) is 9.78 Å². The molecule has 0 amide bonds. The lowest BCUT2D eigenvalue weighted by Gasteiger charge is -2.12. The second kappa shape index (κ2) is 8.47. The first-order valence-corrected chi connectivity index (χ1v) is 8.57. The van der Waals surface area contributed by atoms with Crippen LogP contribution < -0.4 is 24.6 Å². The molecule has 150 valence electrons.